The average molecular weight is 198 g/mol. The van der Waals surface area contributed by atoms with Gasteiger partial charge in [0.2, 0.25) is 5.91 Å². The zero-order valence-electron chi connectivity index (χ0n) is 9.33. The van der Waals surface area contributed by atoms with Gasteiger partial charge >= 0.3 is 0 Å². The van der Waals surface area contributed by atoms with E-state index in [1.165, 1.54) is 12.8 Å². The number of nitrogens with zero attached hydrogens (tertiary/aromatic N) is 1. The Morgan fingerprint density at radius 3 is 2.71 bits per heavy atom. The molecule has 1 amide bonds. The van der Waals surface area contributed by atoms with Crippen molar-refractivity contribution < 1.29 is 4.79 Å². The molecule has 0 aromatic carbocycles. The number of nitrogens with two attached hydrogens (primary N) is 1. The van der Waals surface area contributed by atoms with E-state index < -0.39 is 0 Å². The lowest BCUT2D eigenvalue weighted by molar-refractivity contribution is -0.131. The Hall–Kier alpha value is -0.570. The summed E-state index contributed by atoms with van der Waals surface area (Å²) in [6.07, 6.45) is 5.53. The van der Waals surface area contributed by atoms with Crippen LogP contribution in [0.5, 0.6) is 0 Å². The van der Waals surface area contributed by atoms with Crippen LogP contribution in [0.3, 0.4) is 0 Å². The third-order valence-corrected chi connectivity index (χ3v) is 2.79. The van der Waals surface area contributed by atoms with Crippen LogP contribution in [0, 0.1) is 5.92 Å². The van der Waals surface area contributed by atoms with Crippen LogP contribution in [-0.2, 0) is 4.79 Å². The summed E-state index contributed by atoms with van der Waals surface area (Å²) in [5.74, 6) is 0.868. The van der Waals surface area contributed by atoms with Gasteiger partial charge in [-0.1, -0.05) is 19.8 Å². The molecular formula is C11H22N2O. The highest BCUT2D eigenvalue weighted by Crippen LogP contribution is 2.29. The molecule has 1 saturated carbocycles. The van der Waals surface area contributed by atoms with Crippen molar-refractivity contribution in [3.63, 3.8) is 0 Å². The van der Waals surface area contributed by atoms with Crippen LogP contribution in [0.25, 0.3) is 0 Å². The fourth-order valence-corrected chi connectivity index (χ4v) is 1.61. The number of likely N-dealkylation sites (N-methyl/N-ethyl adjacent to an activating group) is 1. The highest BCUT2D eigenvalue weighted by Gasteiger charge is 2.26. The van der Waals surface area contributed by atoms with Crippen LogP contribution in [-0.4, -0.2) is 30.4 Å². The van der Waals surface area contributed by atoms with Crippen LogP contribution >= 0.6 is 0 Å². The van der Waals surface area contributed by atoms with Gasteiger partial charge in [-0.15, -0.1) is 0 Å². The lowest BCUT2D eigenvalue weighted by atomic mass is 10.1. The van der Waals surface area contributed by atoms with Crippen LogP contribution in [0.4, 0.5) is 0 Å². The number of carbonyl (C=O) groups excluding carboxylic acids is 1. The van der Waals surface area contributed by atoms with Crippen molar-refractivity contribution in [2.24, 2.45) is 11.7 Å². The lowest BCUT2D eigenvalue weighted by Crippen LogP contribution is -2.42. The number of carbonyl (C=O) groups is 1. The van der Waals surface area contributed by atoms with E-state index in [1.54, 1.807) is 4.90 Å². The van der Waals surface area contributed by atoms with Gasteiger partial charge in [0.15, 0.2) is 0 Å². The van der Waals surface area contributed by atoms with Crippen LogP contribution in [0.15, 0.2) is 0 Å². The molecule has 1 fully saturated rings. The van der Waals surface area contributed by atoms with Crippen molar-refractivity contribution in [1.82, 2.24) is 4.90 Å². The summed E-state index contributed by atoms with van der Waals surface area (Å²) < 4.78 is 0. The van der Waals surface area contributed by atoms with E-state index in [1.807, 2.05) is 7.05 Å². The van der Waals surface area contributed by atoms with Gasteiger partial charge in [-0.25, -0.2) is 0 Å². The van der Waals surface area contributed by atoms with Crippen molar-refractivity contribution in [2.45, 2.75) is 45.1 Å². The number of hydrogen-bond acceptors (Lipinski definition) is 2. The second-order valence-corrected chi connectivity index (χ2v) is 4.41. The maximum Gasteiger partial charge on any atom is 0.239 e. The molecule has 3 heteroatoms. The molecule has 0 bridgehead atoms. The molecule has 3 nitrogen and oxygen atoms in total. The quantitative estimate of drug-likeness (QED) is 0.700. The van der Waals surface area contributed by atoms with E-state index in [9.17, 15) is 4.79 Å². The Labute approximate surface area is 86.6 Å². The first-order valence-electron chi connectivity index (χ1n) is 5.65. The standard InChI is InChI=1S/C11H22N2O/c1-3-4-5-10(12)11(14)13(2)8-9-6-7-9/h9-10H,3-8,12H2,1-2H3. The summed E-state index contributed by atoms with van der Waals surface area (Å²) in [6, 6.07) is -0.279. The van der Waals surface area contributed by atoms with Gasteiger partial charge in [0.05, 0.1) is 6.04 Å². The molecule has 2 N–H and O–H groups in total. The Morgan fingerprint density at radius 1 is 1.57 bits per heavy atom. The second kappa shape index (κ2) is 5.35. The molecule has 1 aliphatic carbocycles. The monoisotopic (exact) mass is 198 g/mol. The molecule has 0 heterocycles. The summed E-state index contributed by atoms with van der Waals surface area (Å²) in [5.41, 5.74) is 5.81. The van der Waals surface area contributed by atoms with Gasteiger partial charge < -0.3 is 10.6 Å². The zero-order chi connectivity index (χ0) is 10.6. The number of amides is 1. The summed E-state index contributed by atoms with van der Waals surface area (Å²) in [6.45, 7) is 3.02. The average Bonchev–Trinajstić information content (AvgIpc) is 2.96. The van der Waals surface area contributed by atoms with Gasteiger partial charge in [0.25, 0.3) is 0 Å². The fraction of sp³-hybridized carbons (Fsp3) is 0.909. The molecule has 1 rings (SSSR count). The van der Waals surface area contributed by atoms with Crippen molar-refractivity contribution >= 4 is 5.91 Å². The van der Waals surface area contributed by atoms with Gasteiger partial charge in [-0.05, 0) is 25.2 Å². The van der Waals surface area contributed by atoms with Gasteiger partial charge in [0, 0.05) is 13.6 Å². The molecule has 82 valence electrons. The first-order valence-corrected chi connectivity index (χ1v) is 5.65. The van der Waals surface area contributed by atoms with Gasteiger partial charge in [-0.2, -0.15) is 0 Å². The summed E-state index contributed by atoms with van der Waals surface area (Å²) >= 11 is 0. The number of unbranched alkanes of at least 4 members (excludes halogenated alkanes) is 1. The van der Waals surface area contributed by atoms with Crippen LogP contribution in [0.2, 0.25) is 0 Å². The highest BCUT2D eigenvalue weighted by molar-refractivity contribution is 5.81. The summed E-state index contributed by atoms with van der Waals surface area (Å²) in [4.78, 5) is 13.5. The molecule has 14 heavy (non-hydrogen) atoms. The maximum absolute atomic E-state index is 11.7. The molecule has 0 saturated heterocycles. The van der Waals surface area contributed by atoms with Crippen LogP contribution in [0.1, 0.15) is 39.0 Å². The predicted octanol–water partition coefficient (Wildman–Crippen LogP) is 1.37. The van der Waals surface area contributed by atoms with Crippen molar-refractivity contribution in [1.29, 1.82) is 0 Å². The third kappa shape index (κ3) is 3.66. The highest BCUT2D eigenvalue weighted by atomic mass is 16.2. The minimum Gasteiger partial charge on any atom is -0.344 e. The SMILES string of the molecule is CCCCC(N)C(=O)N(C)CC1CC1. The number of hydrogen-bond donors (Lipinski definition) is 1. The first kappa shape index (κ1) is 11.5. The number of rotatable bonds is 6. The molecule has 0 radical (unpaired) electrons. The fourth-order valence-electron chi connectivity index (χ4n) is 1.61. The maximum atomic E-state index is 11.7. The van der Waals surface area contributed by atoms with Crippen molar-refractivity contribution in [2.75, 3.05) is 13.6 Å². The van der Waals surface area contributed by atoms with E-state index in [0.717, 1.165) is 31.7 Å². The predicted molar refractivity (Wildman–Crippen MR) is 57.9 cm³/mol. The molecule has 1 atom stereocenters. The molecule has 0 spiro atoms. The molecule has 1 aliphatic rings. The Kier molecular flexibility index (Phi) is 4.39. The van der Waals surface area contributed by atoms with Gasteiger partial charge in [-0.3, -0.25) is 4.79 Å². The summed E-state index contributed by atoms with van der Waals surface area (Å²) in [5, 5.41) is 0. The minimum absolute atomic E-state index is 0.116. The Bertz CT molecular complexity index is 190. The van der Waals surface area contributed by atoms with Crippen LogP contribution < -0.4 is 5.73 Å². The molecule has 0 aromatic heterocycles. The van der Waals surface area contributed by atoms with Gasteiger partial charge in [0.1, 0.15) is 0 Å². The lowest BCUT2D eigenvalue weighted by Gasteiger charge is -2.20. The van der Waals surface area contributed by atoms with E-state index in [2.05, 4.69) is 6.92 Å². The van der Waals surface area contributed by atoms with Crippen molar-refractivity contribution in [3.05, 3.63) is 0 Å². The largest absolute Gasteiger partial charge is 0.344 e. The van der Waals surface area contributed by atoms with E-state index >= 15 is 0 Å². The topological polar surface area (TPSA) is 46.3 Å². The molecule has 1 unspecified atom stereocenters. The molecular weight excluding hydrogens is 176 g/mol. The zero-order valence-corrected chi connectivity index (χ0v) is 9.33. The molecule has 0 aromatic rings. The second-order valence-electron chi connectivity index (χ2n) is 4.41. The Balaban J connectivity index is 2.22. The Morgan fingerprint density at radius 2 is 2.21 bits per heavy atom. The summed E-state index contributed by atoms with van der Waals surface area (Å²) in [7, 11) is 1.87. The minimum atomic E-state index is -0.279. The third-order valence-electron chi connectivity index (χ3n) is 2.79. The van der Waals surface area contributed by atoms with E-state index in [4.69, 9.17) is 5.73 Å². The van der Waals surface area contributed by atoms with Crippen molar-refractivity contribution in [3.8, 4) is 0 Å². The molecule has 0 aliphatic heterocycles. The van der Waals surface area contributed by atoms with E-state index in [-0.39, 0.29) is 11.9 Å². The smallest absolute Gasteiger partial charge is 0.239 e. The first-order chi connectivity index (χ1) is 6.65. The normalized spacial score (nSPS) is 17.9. The van der Waals surface area contributed by atoms with E-state index in [0.29, 0.717) is 0 Å².